The number of carbonyl (C=O) groups is 2. The molecule has 0 spiro atoms. The highest BCUT2D eigenvalue weighted by atomic mass is 32.2. The van der Waals surface area contributed by atoms with Gasteiger partial charge in [0.2, 0.25) is 15.9 Å². The number of hydrogen-bond donors (Lipinski definition) is 3. The van der Waals surface area contributed by atoms with Crippen molar-refractivity contribution in [3.8, 4) is 0 Å². The Morgan fingerprint density at radius 2 is 1.77 bits per heavy atom. The fourth-order valence-corrected chi connectivity index (χ4v) is 5.24. The Morgan fingerprint density at radius 1 is 1.08 bits per heavy atom. The molecule has 0 aliphatic carbocycles. The number of sulfonamides is 1. The third-order valence-corrected chi connectivity index (χ3v) is 8.32. The van der Waals surface area contributed by atoms with E-state index >= 15 is 0 Å². The summed E-state index contributed by atoms with van der Waals surface area (Å²) in [5.74, 6) is 0.0545. The van der Waals surface area contributed by atoms with Gasteiger partial charge < -0.3 is 16.0 Å². The number of amides is 2. The van der Waals surface area contributed by atoms with Crippen LogP contribution in [0.1, 0.15) is 67.1 Å². The second kappa shape index (κ2) is 13.9. The van der Waals surface area contributed by atoms with Crippen LogP contribution in [0.25, 0.3) is 0 Å². The van der Waals surface area contributed by atoms with Gasteiger partial charge in [0.05, 0.1) is 18.0 Å². The molecular weight excluding hydrogens is 512 g/mol. The van der Waals surface area contributed by atoms with Gasteiger partial charge in [0, 0.05) is 31.7 Å². The summed E-state index contributed by atoms with van der Waals surface area (Å²) >= 11 is 0. The maximum Gasteiger partial charge on any atom is 0.251 e. The molecule has 2 aromatic rings. The zero-order chi connectivity index (χ0) is 28.6. The fourth-order valence-electron chi connectivity index (χ4n) is 4.76. The molecule has 8 nitrogen and oxygen atoms in total. The maximum atomic E-state index is 13.5. The molecule has 1 aliphatic rings. The van der Waals surface area contributed by atoms with Gasteiger partial charge in [-0.1, -0.05) is 45.0 Å². The Hall–Kier alpha value is -2.91. The van der Waals surface area contributed by atoms with Crippen LogP contribution in [0, 0.1) is 5.92 Å². The highest BCUT2D eigenvalue weighted by Crippen LogP contribution is 2.23. The summed E-state index contributed by atoms with van der Waals surface area (Å²) in [7, 11) is -1.98. The summed E-state index contributed by atoms with van der Waals surface area (Å²) in [5, 5.41) is 9.52. The molecule has 2 amide bonds. The summed E-state index contributed by atoms with van der Waals surface area (Å²) in [6.07, 6.45) is 6.01. The molecule has 0 radical (unpaired) electrons. The van der Waals surface area contributed by atoms with E-state index in [1.807, 2.05) is 19.1 Å². The lowest BCUT2D eigenvalue weighted by molar-refractivity contribution is -0.123. The molecule has 1 aliphatic heterocycles. The van der Waals surface area contributed by atoms with Crippen LogP contribution >= 0.6 is 0 Å². The van der Waals surface area contributed by atoms with Crippen LogP contribution in [0.3, 0.4) is 0 Å². The van der Waals surface area contributed by atoms with Crippen LogP contribution in [0.15, 0.2) is 42.5 Å². The predicted octanol–water partition coefficient (Wildman–Crippen LogP) is 3.44. The number of nitrogens with zero attached hydrogens (tertiary/aromatic N) is 1. The minimum Gasteiger partial charge on any atom is -0.354 e. The van der Waals surface area contributed by atoms with E-state index in [0.717, 1.165) is 43.1 Å². The molecule has 2 atom stereocenters. The minimum atomic E-state index is -3.48. The lowest BCUT2D eigenvalue weighted by atomic mass is 9.97. The quantitative estimate of drug-likeness (QED) is 0.439. The molecular formula is C30H44N4O4S. The number of aryl methyl sites for hydroxylation is 2. The average Bonchev–Trinajstić information content (AvgIpc) is 2.88. The second-order valence-electron chi connectivity index (χ2n) is 11.0. The van der Waals surface area contributed by atoms with Gasteiger partial charge in [-0.15, -0.1) is 0 Å². The summed E-state index contributed by atoms with van der Waals surface area (Å²) < 4.78 is 25.7. The highest BCUT2D eigenvalue weighted by molar-refractivity contribution is 7.92. The number of benzene rings is 2. The van der Waals surface area contributed by atoms with E-state index in [9.17, 15) is 18.0 Å². The van der Waals surface area contributed by atoms with Gasteiger partial charge in [-0.2, -0.15) is 0 Å². The third-order valence-electron chi connectivity index (χ3n) is 7.11. The van der Waals surface area contributed by atoms with Crippen molar-refractivity contribution in [1.82, 2.24) is 16.0 Å². The lowest BCUT2D eigenvalue weighted by Crippen LogP contribution is -2.50. The lowest BCUT2D eigenvalue weighted by Gasteiger charge is -2.24. The zero-order valence-corrected chi connectivity index (χ0v) is 24.7. The molecule has 214 valence electrons. The third kappa shape index (κ3) is 9.35. The van der Waals surface area contributed by atoms with E-state index in [1.54, 1.807) is 6.07 Å². The van der Waals surface area contributed by atoms with E-state index in [-0.39, 0.29) is 23.9 Å². The Morgan fingerprint density at radius 3 is 2.44 bits per heavy atom. The number of nitrogens with one attached hydrogen (secondary N) is 3. The summed E-state index contributed by atoms with van der Waals surface area (Å²) in [6.45, 7) is 7.11. The molecule has 3 rings (SSSR count). The van der Waals surface area contributed by atoms with Crippen LogP contribution in [-0.2, 0) is 34.1 Å². The molecule has 9 heteroatoms. The summed E-state index contributed by atoms with van der Waals surface area (Å²) in [4.78, 5) is 26.3. The van der Waals surface area contributed by atoms with Gasteiger partial charge in [0.1, 0.15) is 0 Å². The van der Waals surface area contributed by atoms with Gasteiger partial charge in [0.25, 0.3) is 5.91 Å². The Kier molecular flexibility index (Phi) is 10.9. The zero-order valence-electron chi connectivity index (χ0n) is 23.9. The van der Waals surface area contributed by atoms with Crippen LogP contribution in [0.2, 0.25) is 0 Å². The van der Waals surface area contributed by atoms with Crippen molar-refractivity contribution >= 4 is 27.5 Å². The molecule has 0 aromatic heterocycles. The Balaban J connectivity index is 1.89. The van der Waals surface area contributed by atoms with Crippen LogP contribution in [0.4, 0.5) is 5.69 Å². The molecule has 0 saturated heterocycles. The van der Waals surface area contributed by atoms with Crippen molar-refractivity contribution in [2.45, 2.75) is 71.4 Å². The number of carbonyl (C=O) groups excluding carboxylic acids is 2. The molecule has 39 heavy (non-hydrogen) atoms. The van der Waals surface area contributed by atoms with Crippen molar-refractivity contribution in [2.24, 2.45) is 5.92 Å². The monoisotopic (exact) mass is 556 g/mol. The topological polar surface area (TPSA) is 108 Å². The first-order chi connectivity index (χ1) is 18.5. The number of anilines is 1. The standard InChI is InChI=1S/C30H44N4O4S/c1-6-28(30(36)32-19-21(2)3)31-20-26-16-23-13-9-12-22(14-23)10-7-8-11-24-15-25(29(35)33-26)18-27(17-24)34(4)39(5,37)38/h9,12-15,17-18,21,26,28,31H,6-8,10-11,16,19-20H2,1-5H3,(H,32,36)(H,33,35)/t26-,28-/m0/s1. The van der Waals surface area contributed by atoms with Gasteiger partial charge in [-0.25, -0.2) is 8.42 Å². The van der Waals surface area contributed by atoms with Crippen LogP contribution in [0.5, 0.6) is 0 Å². The Labute approximate surface area is 234 Å². The first kappa shape index (κ1) is 30.6. The van der Waals surface area contributed by atoms with Gasteiger partial charge >= 0.3 is 0 Å². The highest BCUT2D eigenvalue weighted by Gasteiger charge is 2.22. The normalized spacial score (nSPS) is 17.2. The van der Waals surface area contributed by atoms with E-state index in [4.69, 9.17) is 0 Å². The van der Waals surface area contributed by atoms with Crippen molar-refractivity contribution in [3.05, 3.63) is 64.7 Å². The average molecular weight is 557 g/mol. The smallest absolute Gasteiger partial charge is 0.251 e. The number of fused-ring (bicyclic) bond motifs is 4. The maximum absolute atomic E-state index is 13.5. The van der Waals surface area contributed by atoms with E-state index in [1.165, 1.54) is 16.9 Å². The molecule has 2 aromatic carbocycles. The minimum absolute atomic E-state index is 0.0402. The number of rotatable bonds is 9. The predicted molar refractivity (Wildman–Crippen MR) is 158 cm³/mol. The summed E-state index contributed by atoms with van der Waals surface area (Å²) in [5.41, 5.74) is 4.21. The second-order valence-corrected chi connectivity index (χ2v) is 13.0. The molecule has 4 bridgehead atoms. The van der Waals surface area contributed by atoms with Gasteiger partial charge in [0.15, 0.2) is 0 Å². The van der Waals surface area contributed by atoms with E-state index < -0.39 is 10.0 Å². The fraction of sp³-hybridized carbons (Fsp3) is 0.533. The van der Waals surface area contributed by atoms with Gasteiger partial charge in [-0.3, -0.25) is 13.9 Å². The summed E-state index contributed by atoms with van der Waals surface area (Å²) in [6, 6.07) is 13.2. The van der Waals surface area contributed by atoms with E-state index in [0.29, 0.717) is 43.1 Å². The van der Waals surface area contributed by atoms with Crippen molar-refractivity contribution in [2.75, 3.05) is 30.7 Å². The Bertz CT molecular complexity index is 1250. The molecule has 1 heterocycles. The number of hydrogen-bond acceptors (Lipinski definition) is 5. The first-order valence-electron chi connectivity index (χ1n) is 13.9. The SMILES string of the molecule is CC[C@H](NC[C@@H]1Cc2cccc(c2)CCCCc2cc(cc(N(C)S(C)(=O)=O)c2)C(=O)N1)C(=O)NCC(C)C. The van der Waals surface area contributed by atoms with Gasteiger partial charge in [-0.05, 0) is 79.3 Å². The van der Waals surface area contributed by atoms with E-state index in [2.05, 4.69) is 54.1 Å². The molecule has 0 unspecified atom stereocenters. The first-order valence-corrected chi connectivity index (χ1v) is 15.8. The van der Waals surface area contributed by atoms with Crippen molar-refractivity contribution in [3.63, 3.8) is 0 Å². The largest absolute Gasteiger partial charge is 0.354 e. The van der Waals surface area contributed by atoms with Crippen LogP contribution < -0.4 is 20.3 Å². The molecule has 0 fully saturated rings. The van der Waals surface area contributed by atoms with Crippen molar-refractivity contribution in [1.29, 1.82) is 0 Å². The molecule has 0 saturated carbocycles. The molecule has 3 N–H and O–H groups in total. The van der Waals surface area contributed by atoms with Crippen molar-refractivity contribution < 1.29 is 18.0 Å². The van der Waals surface area contributed by atoms with Crippen LogP contribution in [-0.4, -0.2) is 58.7 Å².